The first kappa shape index (κ1) is 19.1. The highest BCUT2D eigenvalue weighted by molar-refractivity contribution is 5.89. The molecule has 4 aromatic rings. The summed E-state index contributed by atoms with van der Waals surface area (Å²) < 4.78 is 1.83. The molecule has 0 radical (unpaired) electrons. The molecule has 150 valence electrons. The number of phenols is 1. The summed E-state index contributed by atoms with van der Waals surface area (Å²) in [5, 5.41) is 21.3. The van der Waals surface area contributed by atoms with E-state index in [-0.39, 0.29) is 11.3 Å². The lowest BCUT2D eigenvalue weighted by molar-refractivity contribution is -0.385. The normalized spacial score (nSPS) is 11.3. The number of nitrogens with zero attached hydrogens (tertiary/aromatic N) is 5. The van der Waals surface area contributed by atoms with Crippen LogP contribution in [0, 0.1) is 10.1 Å². The number of rotatable bonds is 5. The van der Waals surface area contributed by atoms with Crippen LogP contribution in [-0.4, -0.2) is 39.7 Å². The van der Waals surface area contributed by atoms with E-state index in [1.54, 1.807) is 6.07 Å². The number of aromatic hydroxyl groups is 1. The third kappa shape index (κ3) is 3.46. The quantitative estimate of drug-likeness (QED) is 0.303. The van der Waals surface area contributed by atoms with Crippen molar-refractivity contribution in [3.8, 4) is 17.0 Å². The minimum Gasteiger partial charge on any atom is -0.502 e. The molecule has 0 aliphatic rings. The molecule has 0 saturated carbocycles. The topological polar surface area (TPSA) is 96.3 Å². The van der Waals surface area contributed by atoms with E-state index in [1.807, 2.05) is 72.1 Å². The maximum Gasteiger partial charge on any atom is 0.311 e. The van der Waals surface area contributed by atoms with Crippen molar-refractivity contribution in [3.63, 3.8) is 0 Å². The Morgan fingerprint density at radius 1 is 1.10 bits per heavy atom. The van der Waals surface area contributed by atoms with E-state index in [4.69, 9.17) is 4.98 Å². The highest BCUT2D eigenvalue weighted by atomic mass is 16.6. The van der Waals surface area contributed by atoms with E-state index in [9.17, 15) is 15.2 Å². The molecule has 2 heterocycles. The molecule has 4 rings (SSSR count). The summed E-state index contributed by atoms with van der Waals surface area (Å²) in [6.07, 6.45) is 3.26. The summed E-state index contributed by atoms with van der Waals surface area (Å²) in [5.74, 6) is 0.145. The molecule has 30 heavy (non-hydrogen) atoms. The van der Waals surface area contributed by atoms with Crippen LogP contribution in [0.1, 0.15) is 5.56 Å². The van der Waals surface area contributed by atoms with Crippen LogP contribution in [-0.2, 0) is 0 Å². The Labute approximate surface area is 172 Å². The monoisotopic (exact) mass is 401 g/mol. The number of nitro groups is 1. The number of phenolic OH excluding ortho intramolecular Hbond substituents is 1. The number of para-hydroxylation sites is 1. The molecule has 0 bridgehead atoms. The number of aromatic nitrogens is 2. The van der Waals surface area contributed by atoms with Crippen LogP contribution >= 0.6 is 0 Å². The molecule has 0 atom stereocenters. The van der Waals surface area contributed by atoms with Gasteiger partial charge in [-0.05, 0) is 30.3 Å². The summed E-state index contributed by atoms with van der Waals surface area (Å²) in [4.78, 5) is 21.7. The second-order valence-electron chi connectivity index (χ2n) is 6.88. The van der Waals surface area contributed by atoms with Gasteiger partial charge in [0.25, 0.3) is 0 Å². The number of anilines is 1. The molecule has 8 nitrogen and oxygen atoms in total. The van der Waals surface area contributed by atoms with E-state index in [0.29, 0.717) is 11.5 Å². The van der Waals surface area contributed by atoms with Gasteiger partial charge in [0.05, 0.1) is 4.92 Å². The van der Waals surface area contributed by atoms with Crippen LogP contribution < -0.4 is 4.90 Å². The number of imidazole rings is 1. The average Bonchev–Trinajstić information content (AvgIpc) is 3.11. The maximum atomic E-state index is 11.1. The van der Waals surface area contributed by atoms with E-state index < -0.39 is 10.7 Å². The van der Waals surface area contributed by atoms with Gasteiger partial charge in [-0.2, -0.15) is 0 Å². The third-order valence-corrected chi connectivity index (χ3v) is 4.73. The zero-order valence-corrected chi connectivity index (χ0v) is 16.4. The van der Waals surface area contributed by atoms with Gasteiger partial charge >= 0.3 is 5.69 Å². The number of benzene rings is 2. The summed E-state index contributed by atoms with van der Waals surface area (Å²) in [6.45, 7) is 0. The summed E-state index contributed by atoms with van der Waals surface area (Å²) in [6, 6.07) is 17.9. The molecular formula is C22H19N5O3. The van der Waals surface area contributed by atoms with Crippen molar-refractivity contribution in [2.24, 2.45) is 4.99 Å². The smallest absolute Gasteiger partial charge is 0.311 e. The SMILES string of the molecule is CN(C)c1ccc(-c2nc3ccccn3c2N=Cc2cccc([N+](=O)[O-])c2O)cc1. The number of nitro benzene ring substituents is 1. The number of hydrogen-bond acceptors (Lipinski definition) is 6. The lowest BCUT2D eigenvalue weighted by Crippen LogP contribution is -2.07. The van der Waals surface area contributed by atoms with Gasteiger partial charge in [-0.25, -0.2) is 9.98 Å². The molecule has 0 saturated heterocycles. The molecule has 0 aliphatic heterocycles. The van der Waals surface area contributed by atoms with E-state index in [1.165, 1.54) is 18.3 Å². The zero-order chi connectivity index (χ0) is 21.3. The highest BCUT2D eigenvalue weighted by Gasteiger charge is 2.17. The third-order valence-electron chi connectivity index (χ3n) is 4.73. The Bertz CT molecular complexity index is 1260. The van der Waals surface area contributed by atoms with Crippen LogP contribution in [0.5, 0.6) is 5.75 Å². The first-order chi connectivity index (χ1) is 14.5. The fourth-order valence-corrected chi connectivity index (χ4v) is 3.15. The molecule has 0 fully saturated rings. The fourth-order valence-electron chi connectivity index (χ4n) is 3.15. The fraction of sp³-hybridized carbons (Fsp3) is 0.0909. The average molecular weight is 401 g/mol. The van der Waals surface area contributed by atoms with E-state index >= 15 is 0 Å². The van der Waals surface area contributed by atoms with Crippen molar-refractivity contribution in [2.45, 2.75) is 0 Å². The predicted octanol–water partition coefficient (Wildman–Crippen LogP) is 4.43. The van der Waals surface area contributed by atoms with Crippen molar-refractivity contribution in [2.75, 3.05) is 19.0 Å². The number of fused-ring (bicyclic) bond motifs is 1. The largest absolute Gasteiger partial charge is 0.502 e. The minimum absolute atomic E-state index is 0.254. The molecule has 0 spiro atoms. The van der Waals surface area contributed by atoms with E-state index in [0.717, 1.165) is 16.9 Å². The summed E-state index contributed by atoms with van der Waals surface area (Å²) in [5.41, 5.74) is 3.24. The van der Waals surface area contributed by atoms with Crippen LogP contribution in [0.15, 0.2) is 71.9 Å². The van der Waals surface area contributed by atoms with Gasteiger partial charge < -0.3 is 10.0 Å². The lowest BCUT2D eigenvalue weighted by Gasteiger charge is -2.12. The molecule has 0 unspecified atom stereocenters. The molecule has 0 aliphatic carbocycles. The highest BCUT2D eigenvalue weighted by Crippen LogP contribution is 2.33. The Kier molecular flexibility index (Phi) is 4.89. The Hall–Kier alpha value is -4.20. The van der Waals surface area contributed by atoms with Crippen molar-refractivity contribution in [3.05, 3.63) is 82.5 Å². The van der Waals surface area contributed by atoms with Gasteiger partial charge in [-0.3, -0.25) is 14.5 Å². The van der Waals surface area contributed by atoms with Crippen molar-refractivity contribution in [1.82, 2.24) is 9.38 Å². The maximum absolute atomic E-state index is 11.1. The van der Waals surface area contributed by atoms with Gasteiger partial charge in [0.1, 0.15) is 11.3 Å². The van der Waals surface area contributed by atoms with Crippen molar-refractivity contribution >= 4 is 29.1 Å². The zero-order valence-electron chi connectivity index (χ0n) is 16.4. The first-order valence-electron chi connectivity index (χ1n) is 9.21. The van der Waals surface area contributed by atoms with Crippen LogP contribution in [0.2, 0.25) is 0 Å². The van der Waals surface area contributed by atoms with Gasteiger partial charge in [-0.15, -0.1) is 0 Å². The van der Waals surface area contributed by atoms with Crippen LogP contribution in [0.25, 0.3) is 16.9 Å². The molecule has 1 N–H and O–H groups in total. The van der Waals surface area contributed by atoms with Gasteiger partial charge in [0.2, 0.25) is 5.75 Å². The van der Waals surface area contributed by atoms with Crippen molar-refractivity contribution < 1.29 is 10.0 Å². The Morgan fingerprint density at radius 2 is 1.87 bits per heavy atom. The second-order valence-corrected chi connectivity index (χ2v) is 6.88. The standard InChI is InChI=1S/C22H19N5O3/c1-25(2)17-11-9-15(10-12-17)20-22(26-13-4-3-8-19(26)24-20)23-14-16-6-5-7-18(21(16)28)27(29)30/h3-14,28H,1-2H3. The Balaban J connectivity index is 1.83. The minimum atomic E-state index is -0.626. The molecule has 2 aromatic carbocycles. The van der Waals surface area contributed by atoms with Gasteiger partial charge in [-0.1, -0.05) is 24.3 Å². The van der Waals surface area contributed by atoms with Gasteiger partial charge in [0, 0.05) is 49.4 Å². The summed E-state index contributed by atoms with van der Waals surface area (Å²) in [7, 11) is 3.95. The lowest BCUT2D eigenvalue weighted by atomic mass is 10.1. The molecule has 0 amide bonds. The Morgan fingerprint density at radius 3 is 2.57 bits per heavy atom. The first-order valence-corrected chi connectivity index (χ1v) is 9.21. The van der Waals surface area contributed by atoms with Crippen molar-refractivity contribution in [1.29, 1.82) is 0 Å². The molecular weight excluding hydrogens is 382 g/mol. The number of hydrogen-bond donors (Lipinski definition) is 1. The van der Waals surface area contributed by atoms with E-state index in [2.05, 4.69) is 4.99 Å². The van der Waals surface area contributed by atoms with Crippen LogP contribution in [0.3, 0.4) is 0 Å². The number of aliphatic imine (C=N–C) groups is 1. The number of pyridine rings is 1. The van der Waals surface area contributed by atoms with Crippen LogP contribution in [0.4, 0.5) is 17.2 Å². The predicted molar refractivity (Wildman–Crippen MR) is 117 cm³/mol. The summed E-state index contributed by atoms with van der Waals surface area (Å²) >= 11 is 0. The second kappa shape index (κ2) is 7.67. The van der Waals surface area contributed by atoms with Gasteiger partial charge in [0.15, 0.2) is 5.82 Å². The molecule has 8 heteroatoms. The molecule has 2 aromatic heterocycles.